The number of carbonyl (C=O) groups is 1. The summed E-state index contributed by atoms with van der Waals surface area (Å²) in [5.74, 6) is 0.0545. The predicted octanol–water partition coefficient (Wildman–Crippen LogP) is 1.29. The van der Waals surface area contributed by atoms with Crippen LogP contribution in [0.25, 0.3) is 0 Å². The van der Waals surface area contributed by atoms with E-state index in [1.807, 2.05) is 13.0 Å². The molecule has 14 heavy (non-hydrogen) atoms. The van der Waals surface area contributed by atoms with Gasteiger partial charge in [-0.2, -0.15) is 0 Å². The van der Waals surface area contributed by atoms with Crippen LogP contribution in [0.1, 0.15) is 33.6 Å². The number of hydrogen-bond acceptors (Lipinski definition) is 3. The number of ketones is 1. The van der Waals surface area contributed by atoms with Crippen LogP contribution in [0.3, 0.4) is 0 Å². The Morgan fingerprint density at radius 1 is 1.43 bits per heavy atom. The minimum absolute atomic E-state index is 0.0257. The Labute approximate surface area is 85.4 Å². The zero-order valence-electron chi connectivity index (χ0n) is 9.16. The Morgan fingerprint density at radius 3 is 2.36 bits per heavy atom. The van der Waals surface area contributed by atoms with Crippen LogP contribution in [0.2, 0.25) is 0 Å². The summed E-state index contributed by atoms with van der Waals surface area (Å²) in [6, 6.07) is 0. The van der Waals surface area contributed by atoms with E-state index in [0.717, 1.165) is 12.0 Å². The summed E-state index contributed by atoms with van der Waals surface area (Å²) in [6.07, 6.45) is 2.13. The van der Waals surface area contributed by atoms with E-state index in [9.17, 15) is 9.90 Å². The van der Waals surface area contributed by atoms with Crippen molar-refractivity contribution < 1.29 is 15.0 Å². The molecule has 0 unspecified atom stereocenters. The molecule has 0 aliphatic heterocycles. The van der Waals surface area contributed by atoms with E-state index in [-0.39, 0.29) is 24.7 Å². The maximum absolute atomic E-state index is 10.7. The average molecular weight is 200 g/mol. The Morgan fingerprint density at radius 2 is 2.00 bits per heavy atom. The Hall–Kier alpha value is -0.670. The molecule has 0 amide bonds. The van der Waals surface area contributed by atoms with Crippen molar-refractivity contribution in [3.05, 3.63) is 11.6 Å². The number of aliphatic hydroxyl groups excluding tert-OH is 2. The molecule has 0 saturated heterocycles. The van der Waals surface area contributed by atoms with E-state index in [4.69, 9.17) is 5.11 Å². The fourth-order valence-electron chi connectivity index (χ4n) is 1.22. The number of hydrogen-bond donors (Lipinski definition) is 2. The van der Waals surface area contributed by atoms with Gasteiger partial charge in [-0.3, -0.25) is 4.79 Å². The highest BCUT2D eigenvalue weighted by molar-refractivity contribution is 5.76. The lowest BCUT2D eigenvalue weighted by Gasteiger charge is -2.12. The van der Waals surface area contributed by atoms with E-state index in [1.54, 1.807) is 6.92 Å². The monoisotopic (exact) mass is 200 g/mol. The fraction of sp³-hybridized carbons (Fsp3) is 0.727. The lowest BCUT2D eigenvalue weighted by Crippen LogP contribution is -2.14. The van der Waals surface area contributed by atoms with Crippen LogP contribution in [0.5, 0.6) is 0 Å². The highest BCUT2D eigenvalue weighted by Crippen LogP contribution is 2.12. The lowest BCUT2D eigenvalue weighted by atomic mass is 9.99. The van der Waals surface area contributed by atoms with Crippen LogP contribution in [0.15, 0.2) is 11.6 Å². The number of aliphatic hydroxyl groups is 2. The average Bonchev–Trinajstić information content (AvgIpc) is 2.12. The van der Waals surface area contributed by atoms with Gasteiger partial charge in [-0.05, 0) is 25.8 Å². The molecular formula is C11H20O3. The van der Waals surface area contributed by atoms with Crippen LogP contribution < -0.4 is 0 Å². The maximum atomic E-state index is 10.7. The summed E-state index contributed by atoms with van der Waals surface area (Å²) < 4.78 is 0. The summed E-state index contributed by atoms with van der Waals surface area (Å²) >= 11 is 0. The Balaban J connectivity index is 4.27. The second-order valence-corrected chi connectivity index (χ2v) is 3.68. The molecule has 82 valence electrons. The lowest BCUT2D eigenvalue weighted by molar-refractivity contribution is -0.118. The molecule has 0 aliphatic rings. The molecule has 0 heterocycles. The van der Waals surface area contributed by atoms with Gasteiger partial charge in [-0.1, -0.05) is 13.0 Å². The Bertz CT molecular complexity index is 205. The van der Waals surface area contributed by atoms with Gasteiger partial charge in [0.25, 0.3) is 0 Å². The van der Waals surface area contributed by atoms with E-state index >= 15 is 0 Å². The molecule has 0 spiro atoms. The minimum Gasteiger partial charge on any atom is -0.396 e. The van der Waals surface area contributed by atoms with Crippen LogP contribution >= 0.6 is 0 Å². The first-order valence-corrected chi connectivity index (χ1v) is 4.97. The predicted molar refractivity (Wildman–Crippen MR) is 55.9 cm³/mol. The summed E-state index contributed by atoms with van der Waals surface area (Å²) in [7, 11) is 0. The molecule has 2 atom stereocenters. The largest absolute Gasteiger partial charge is 0.396 e. The molecule has 0 rings (SSSR count). The van der Waals surface area contributed by atoms with Gasteiger partial charge in [0.05, 0.1) is 6.10 Å². The standard InChI is InChI=1S/C11H20O3/c1-4-10(7-12)5-8(2)11(14)6-9(3)13/h5,10-12,14H,4,6-7H2,1-3H3/b8-5-/t10-,11+/m1/s1. The third-order valence-electron chi connectivity index (χ3n) is 2.26. The van der Waals surface area contributed by atoms with Gasteiger partial charge in [-0.25, -0.2) is 0 Å². The molecule has 3 nitrogen and oxygen atoms in total. The zero-order chi connectivity index (χ0) is 11.1. The van der Waals surface area contributed by atoms with Gasteiger partial charge in [0, 0.05) is 18.9 Å². The van der Waals surface area contributed by atoms with Gasteiger partial charge in [0.2, 0.25) is 0 Å². The van der Waals surface area contributed by atoms with Crippen LogP contribution in [0.4, 0.5) is 0 Å². The van der Waals surface area contributed by atoms with Crippen molar-refractivity contribution in [1.82, 2.24) is 0 Å². The number of carbonyl (C=O) groups excluding carboxylic acids is 1. The van der Waals surface area contributed by atoms with Gasteiger partial charge in [-0.15, -0.1) is 0 Å². The molecule has 0 saturated carbocycles. The van der Waals surface area contributed by atoms with Crippen molar-refractivity contribution in [3.63, 3.8) is 0 Å². The molecule has 3 heteroatoms. The molecular weight excluding hydrogens is 180 g/mol. The first kappa shape index (κ1) is 13.3. The third kappa shape index (κ3) is 5.14. The van der Waals surface area contributed by atoms with Crippen molar-refractivity contribution >= 4 is 5.78 Å². The first-order chi connectivity index (χ1) is 6.51. The van der Waals surface area contributed by atoms with Crippen molar-refractivity contribution in [3.8, 4) is 0 Å². The smallest absolute Gasteiger partial charge is 0.132 e. The second kappa shape index (κ2) is 6.74. The van der Waals surface area contributed by atoms with E-state index in [2.05, 4.69) is 0 Å². The second-order valence-electron chi connectivity index (χ2n) is 3.68. The SMILES string of the molecule is CC[C@H](/C=C(/C)[C@@H](O)CC(C)=O)CO. The van der Waals surface area contributed by atoms with Crippen LogP contribution in [-0.4, -0.2) is 28.7 Å². The summed E-state index contributed by atoms with van der Waals surface area (Å²) in [5.41, 5.74) is 0.765. The summed E-state index contributed by atoms with van der Waals surface area (Å²) in [5, 5.41) is 18.5. The van der Waals surface area contributed by atoms with Crippen molar-refractivity contribution in [1.29, 1.82) is 0 Å². The molecule has 0 radical (unpaired) electrons. The quantitative estimate of drug-likeness (QED) is 0.635. The fourth-order valence-corrected chi connectivity index (χ4v) is 1.22. The zero-order valence-corrected chi connectivity index (χ0v) is 9.16. The maximum Gasteiger partial charge on any atom is 0.132 e. The molecule has 0 fully saturated rings. The van der Waals surface area contributed by atoms with Gasteiger partial charge in [0.15, 0.2) is 0 Å². The molecule has 2 N–H and O–H groups in total. The molecule has 0 aliphatic carbocycles. The topological polar surface area (TPSA) is 57.5 Å². The Kier molecular flexibility index (Phi) is 6.41. The van der Waals surface area contributed by atoms with Crippen molar-refractivity contribution in [2.45, 2.75) is 39.7 Å². The number of rotatable bonds is 6. The normalized spacial score (nSPS) is 16.5. The van der Waals surface area contributed by atoms with Gasteiger partial charge >= 0.3 is 0 Å². The molecule has 0 bridgehead atoms. The van der Waals surface area contributed by atoms with Crippen LogP contribution in [0, 0.1) is 5.92 Å². The highest BCUT2D eigenvalue weighted by atomic mass is 16.3. The van der Waals surface area contributed by atoms with Gasteiger partial charge < -0.3 is 10.2 Å². The summed E-state index contributed by atoms with van der Waals surface area (Å²) in [4.78, 5) is 10.7. The first-order valence-electron chi connectivity index (χ1n) is 4.97. The highest BCUT2D eigenvalue weighted by Gasteiger charge is 2.10. The molecule has 0 aromatic rings. The van der Waals surface area contributed by atoms with E-state index in [0.29, 0.717) is 0 Å². The van der Waals surface area contributed by atoms with Crippen molar-refractivity contribution in [2.75, 3.05) is 6.61 Å². The molecule has 0 aromatic carbocycles. The van der Waals surface area contributed by atoms with Crippen molar-refractivity contribution in [2.24, 2.45) is 5.92 Å². The minimum atomic E-state index is -0.701. The van der Waals surface area contributed by atoms with Gasteiger partial charge in [0.1, 0.15) is 5.78 Å². The third-order valence-corrected chi connectivity index (χ3v) is 2.26. The van der Waals surface area contributed by atoms with Crippen LogP contribution in [-0.2, 0) is 4.79 Å². The van der Waals surface area contributed by atoms with E-state index < -0.39 is 6.10 Å². The van der Waals surface area contributed by atoms with E-state index in [1.165, 1.54) is 6.92 Å². The molecule has 0 aromatic heterocycles. The number of Topliss-reactive ketones (excluding diaryl/α,β-unsaturated/α-hetero) is 1. The summed E-state index contributed by atoms with van der Waals surface area (Å²) in [6.45, 7) is 5.30.